The highest BCUT2D eigenvalue weighted by molar-refractivity contribution is 6.31. The molecule has 1 aromatic heterocycles. The molecule has 33 heavy (non-hydrogen) atoms. The summed E-state index contributed by atoms with van der Waals surface area (Å²) in [4.78, 5) is 35.3. The minimum absolute atomic E-state index is 0.0723. The van der Waals surface area contributed by atoms with Gasteiger partial charge in [0.25, 0.3) is 11.5 Å². The van der Waals surface area contributed by atoms with Gasteiger partial charge in [-0.05, 0) is 89.9 Å². The molecule has 4 rings (SSSR count). The molecule has 1 saturated carbocycles. The Balaban J connectivity index is 1.60. The molecule has 0 spiro atoms. The third-order valence-electron chi connectivity index (χ3n) is 7.42. The Labute approximate surface area is 201 Å². The van der Waals surface area contributed by atoms with Crippen LogP contribution in [0.5, 0.6) is 0 Å². The summed E-state index contributed by atoms with van der Waals surface area (Å²) < 4.78 is 0. The highest BCUT2D eigenvalue weighted by Gasteiger charge is 2.31. The van der Waals surface area contributed by atoms with E-state index in [0.717, 1.165) is 41.9 Å². The van der Waals surface area contributed by atoms with Gasteiger partial charge in [0.15, 0.2) is 0 Å². The average Bonchev–Trinajstić information content (AvgIpc) is 3.20. The van der Waals surface area contributed by atoms with Crippen LogP contribution in [0.4, 0.5) is 5.69 Å². The molecule has 1 N–H and O–H groups in total. The SMILES string of the molecule is CCN(c1cc(Cl)cc(C(=O)N2Cc3cc(C)[nH]c(=O)c3C2)c1C)[C@H]1CC[C@H](N(C)C)CC1. The molecule has 1 fully saturated rings. The Kier molecular flexibility index (Phi) is 6.87. The van der Waals surface area contributed by atoms with E-state index in [-0.39, 0.29) is 11.5 Å². The number of aromatic amines is 1. The highest BCUT2D eigenvalue weighted by atomic mass is 35.5. The molecule has 1 aliphatic carbocycles. The molecular weight excluding hydrogens is 436 g/mol. The van der Waals surface area contributed by atoms with Crippen molar-refractivity contribution >= 4 is 23.2 Å². The lowest BCUT2D eigenvalue weighted by molar-refractivity contribution is 0.0750. The van der Waals surface area contributed by atoms with Crippen LogP contribution in [0, 0.1) is 13.8 Å². The van der Waals surface area contributed by atoms with Gasteiger partial charge in [-0.3, -0.25) is 9.59 Å². The number of pyridine rings is 1. The number of hydrogen-bond donors (Lipinski definition) is 1. The van der Waals surface area contributed by atoms with E-state index in [1.54, 1.807) is 11.0 Å². The number of hydrogen-bond acceptors (Lipinski definition) is 4. The molecule has 1 aliphatic heterocycles. The van der Waals surface area contributed by atoms with E-state index in [4.69, 9.17) is 11.6 Å². The van der Waals surface area contributed by atoms with Gasteiger partial charge < -0.3 is 19.7 Å². The number of halogens is 1. The van der Waals surface area contributed by atoms with Crippen LogP contribution in [0.3, 0.4) is 0 Å². The van der Waals surface area contributed by atoms with Crippen molar-refractivity contribution < 1.29 is 4.79 Å². The minimum atomic E-state index is -0.103. The maximum atomic E-state index is 13.6. The second-order valence-electron chi connectivity index (χ2n) is 9.76. The van der Waals surface area contributed by atoms with Crippen molar-refractivity contribution in [3.63, 3.8) is 0 Å². The van der Waals surface area contributed by atoms with Gasteiger partial charge in [0.05, 0.1) is 6.54 Å². The summed E-state index contributed by atoms with van der Waals surface area (Å²) in [6.07, 6.45) is 4.63. The number of rotatable bonds is 5. The van der Waals surface area contributed by atoms with Crippen molar-refractivity contribution in [1.29, 1.82) is 0 Å². The maximum Gasteiger partial charge on any atom is 0.254 e. The number of benzene rings is 1. The van der Waals surface area contributed by atoms with Gasteiger partial charge in [-0.1, -0.05) is 11.6 Å². The van der Waals surface area contributed by atoms with Crippen molar-refractivity contribution in [2.45, 2.75) is 71.6 Å². The molecule has 0 radical (unpaired) electrons. The lowest BCUT2D eigenvalue weighted by atomic mass is 9.89. The molecule has 6 nitrogen and oxygen atoms in total. The first-order valence-corrected chi connectivity index (χ1v) is 12.3. The van der Waals surface area contributed by atoms with E-state index in [1.165, 1.54) is 12.8 Å². The van der Waals surface area contributed by atoms with Crippen molar-refractivity contribution in [2.24, 2.45) is 0 Å². The fraction of sp³-hybridized carbons (Fsp3) is 0.538. The van der Waals surface area contributed by atoms with E-state index < -0.39 is 0 Å². The van der Waals surface area contributed by atoms with Gasteiger partial charge in [0, 0.05) is 52.7 Å². The second-order valence-corrected chi connectivity index (χ2v) is 10.2. The Bertz CT molecular complexity index is 1100. The quantitative estimate of drug-likeness (QED) is 0.698. The number of amides is 1. The molecule has 0 unspecified atom stereocenters. The van der Waals surface area contributed by atoms with E-state index in [9.17, 15) is 9.59 Å². The van der Waals surface area contributed by atoms with Crippen molar-refractivity contribution in [2.75, 3.05) is 25.5 Å². The number of aromatic nitrogens is 1. The van der Waals surface area contributed by atoms with Crippen LogP contribution in [0.1, 0.15) is 65.3 Å². The van der Waals surface area contributed by atoms with Crippen LogP contribution in [0.25, 0.3) is 0 Å². The number of fused-ring (bicyclic) bond motifs is 1. The van der Waals surface area contributed by atoms with Gasteiger partial charge in [0.2, 0.25) is 0 Å². The van der Waals surface area contributed by atoms with Gasteiger partial charge in [-0.2, -0.15) is 0 Å². The van der Waals surface area contributed by atoms with E-state index in [0.29, 0.717) is 41.3 Å². The number of H-pyrrole nitrogens is 1. The molecule has 1 aromatic carbocycles. The summed E-state index contributed by atoms with van der Waals surface area (Å²) in [7, 11) is 4.32. The molecule has 0 bridgehead atoms. The van der Waals surface area contributed by atoms with Crippen molar-refractivity contribution in [3.8, 4) is 0 Å². The zero-order valence-electron chi connectivity index (χ0n) is 20.4. The fourth-order valence-electron chi connectivity index (χ4n) is 5.56. The normalized spacial score (nSPS) is 20.3. The molecule has 2 heterocycles. The van der Waals surface area contributed by atoms with Crippen LogP contribution in [-0.4, -0.2) is 53.4 Å². The van der Waals surface area contributed by atoms with Crippen LogP contribution >= 0.6 is 11.6 Å². The second kappa shape index (κ2) is 9.51. The molecule has 1 amide bonds. The number of anilines is 1. The predicted octanol–water partition coefficient (Wildman–Crippen LogP) is 4.50. The third-order valence-corrected chi connectivity index (χ3v) is 7.64. The summed E-state index contributed by atoms with van der Waals surface area (Å²) in [5.41, 5.74) is 4.96. The molecule has 2 aromatic rings. The molecule has 7 heteroatoms. The van der Waals surface area contributed by atoms with E-state index in [1.807, 2.05) is 26.0 Å². The Morgan fingerprint density at radius 1 is 1.09 bits per heavy atom. The van der Waals surface area contributed by atoms with Gasteiger partial charge >= 0.3 is 0 Å². The highest BCUT2D eigenvalue weighted by Crippen LogP contribution is 2.35. The summed E-state index contributed by atoms with van der Waals surface area (Å²) in [6, 6.07) is 6.83. The average molecular weight is 471 g/mol. The summed E-state index contributed by atoms with van der Waals surface area (Å²) in [5, 5.41) is 0.574. The molecule has 178 valence electrons. The zero-order chi connectivity index (χ0) is 23.9. The van der Waals surface area contributed by atoms with Gasteiger partial charge in [-0.15, -0.1) is 0 Å². The summed E-state index contributed by atoms with van der Waals surface area (Å²) in [5.74, 6) is -0.0723. The number of nitrogens with zero attached hydrogens (tertiary/aromatic N) is 3. The van der Waals surface area contributed by atoms with Crippen molar-refractivity contribution in [3.05, 3.63) is 61.5 Å². The fourth-order valence-corrected chi connectivity index (χ4v) is 5.77. The van der Waals surface area contributed by atoms with Crippen molar-refractivity contribution in [1.82, 2.24) is 14.8 Å². The summed E-state index contributed by atoms with van der Waals surface area (Å²) >= 11 is 6.55. The number of aryl methyl sites for hydroxylation is 1. The number of carbonyl (C=O) groups is 1. The van der Waals surface area contributed by atoms with Gasteiger partial charge in [0.1, 0.15) is 0 Å². The molecular formula is C26H35ClN4O2. The van der Waals surface area contributed by atoms with Gasteiger partial charge in [-0.25, -0.2) is 0 Å². The molecule has 0 atom stereocenters. The van der Waals surface area contributed by atoms with Crippen LogP contribution in [-0.2, 0) is 13.1 Å². The van der Waals surface area contributed by atoms with Crippen LogP contribution in [0.2, 0.25) is 5.02 Å². The van der Waals surface area contributed by atoms with E-state index >= 15 is 0 Å². The Morgan fingerprint density at radius 3 is 2.39 bits per heavy atom. The smallest absolute Gasteiger partial charge is 0.254 e. The largest absolute Gasteiger partial charge is 0.369 e. The van der Waals surface area contributed by atoms with E-state index in [2.05, 4.69) is 35.8 Å². The predicted molar refractivity (Wildman–Crippen MR) is 134 cm³/mol. The first-order chi connectivity index (χ1) is 15.7. The zero-order valence-corrected chi connectivity index (χ0v) is 21.1. The Morgan fingerprint density at radius 2 is 1.76 bits per heavy atom. The third kappa shape index (κ3) is 4.69. The van der Waals surface area contributed by atoms with Crippen LogP contribution in [0.15, 0.2) is 23.0 Å². The first kappa shape index (κ1) is 23.8. The monoisotopic (exact) mass is 470 g/mol. The number of carbonyl (C=O) groups excluding carboxylic acids is 1. The maximum absolute atomic E-state index is 13.6. The molecule has 2 aliphatic rings. The lowest BCUT2D eigenvalue weighted by Crippen LogP contribution is -2.42. The molecule has 0 saturated heterocycles. The topological polar surface area (TPSA) is 59.7 Å². The Hall–Kier alpha value is -2.31. The minimum Gasteiger partial charge on any atom is -0.369 e. The standard InChI is InChI=1S/C26H35ClN4O2/c1-6-31(21-9-7-20(8-10-21)29(4)5)24-13-19(27)12-22(17(24)3)26(33)30-14-18-11-16(2)28-25(32)23(18)15-30/h11-13,20-21H,6-10,14-15H2,1-5H3,(H,28,32)/t20-,21-. The first-order valence-electron chi connectivity index (χ1n) is 11.9. The number of nitrogens with one attached hydrogen (secondary N) is 1. The van der Waals surface area contributed by atoms with Crippen LogP contribution < -0.4 is 10.5 Å². The summed E-state index contributed by atoms with van der Waals surface area (Å²) in [6.45, 7) is 7.71. The lowest BCUT2D eigenvalue weighted by Gasteiger charge is -2.40.